The summed E-state index contributed by atoms with van der Waals surface area (Å²) in [4.78, 5) is 0. The zero-order valence-electron chi connectivity index (χ0n) is 55.8. The first-order chi connectivity index (χ1) is 50.7. The number of pyridine rings is 3. The molecule has 9 heterocycles. The van der Waals surface area contributed by atoms with Crippen LogP contribution in [0.4, 0.5) is 51.2 Å². The average Bonchev–Trinajstić information content (AvgIpc) is 1.51. The number of para-hydroxylation sites is 6. The van der Waals surface area contributed by atoms with E-state index >= 15 is 0 Å². The molecule has 3 unspecified atom stereocenters. The third kappa shape index (κ3) is 7.38. The molecule has 0 N–H and O–H groups in total. The largest absolute Gasteiger partial charge is 0.327 e. The molecule has 474 valence electrons. The number of aromatic nitrogens is 3. The van der Waals surface area contributed by atoms with Gasteiger partial charge in [0.15, 0.2) is 35.7 Å². The van der Waals surface area contributed by atoms with E-state index < -0.39 is 0 Å². The van der Waals surface area contributed by atoms with Gasteiger partial charge in [0.1, 0.15) is 50.8 Å². The molecular formula is C96H66N6+6. The molecule has 0 aliphatic carbocycles. The lowest BCUT2D eigenvalue weighted by Crippen LogP contribution is -2.54. The minimum atomic E-state index is 0.0977. The quantitative estimate of drug-likeness (QED) is 0.0681. The highest BCUT2D eigenvalue weighted by atomic mass is 15.5. The van der Waals surface area contributed by atoms with Crippen LogP contribution in [-0.4, -0.2) is 0 Å². The van der Waals surface area contributed by atoms with Crippen LogP contribution in [0.5, 0.6) is 0 Å². The van der Waals surface area contributed by atoms with Gasteiger partial charge in [0.05, 0.1) is 38.2 Å². The van der Waals surface area contributed by atoms with Crippen LogP contribution < -0.4 is 27.2 Å². The lowest BCUT2D eigenvalue weighted by Gasteiger charge is -2.36. The molecule has 18 aromatic rings. The Balaban J connectivity index is 0.0000000967. The smallest absolute Gasteiger partial charge is 0.164 e. The van der Waals surface area contributed by atoms with Gasteiger partial charge in [0.25, 0.3) is 0 Å². The summed E-state index contributed by atoms with van der Waals surface area (Å²) < 4.78 is 9.48. The molecule has 0 bridgehead atoms. The van der Waals surface area contributed by atoms with E-state index in [0.29, 0.717) is 13.4 Å². The van der Waals surface area contributed by atoms with Crippen LogP contribution in [0.2, 0.25) is 0 Å². The molecule has 6 heteroatoms. The number of rotatable bonds is 6. The first-order valence-electron chi connectivity index (χ1n) is 35.6. The van der Waals surface area contributed by atoms with E-state index in [1.807, 2.05) is 0 Å². The second-order valence-electron chi connectivity index (χ2n) is 28.0. The number of hydrogen-bond acceptors (Lipinski definition) is 0. The van der Waals surface area contributed by atoms with Gasteiger partial charge in [-0.05, 0) is 86.2 Å². The average molecular weight is 1300 g/mol. The van der Waals surface area contributed by atoms with Crippen LogP contribution >= 0.6 is 0 Å². The molecule has 0 saturated carbocycles. The number of quaternary nitrogens is 3. The van der Waals surface area contributed by atoms with Gasteiger partial charge in [-0.15, -0.1) is 13.7 Å². The lowest BCUT2D eigenvalue weighted by molar-refractivity contribution is -0.710. The standard InChI is InChI=1S/3C32H22N2/c1-3-12-24(13-4-1)34(25-14-5-2-6-15-25)31-26-16-8-7-11-22(26)21-23-18-19-27-28-17-9-10-20-33(28)32(34)30(27)29(23)31;1-3-12-23(13-4-1)34(24-14-5-2-6-15-24)29-21-22-11-7-8-16-25(22)26-18-19-27-28-17-9-10-20-33(28)32(34)31(27)30(26)29;1-3-12-24(13-4-1)34(25-14-5-2-6-15-25)28-17-9-11-23-18-19-27-30(29(23)28)32(34)33-21-20-22-10-7-8-16-26(22)31(27)33/h3*1-21,32H/q3*+2. The summed E-state index contributed by atoms with van der Waals surface area (Å²) in [5.74, 6) is 0. The summed E-state index contributed by atoms with van der Waals surface area (Å²) in [6.45, 7) is 0. The van der Waals surface area contributed by atoms with Crippen molar-refractivity contribution in [3.05, 3.63) is 399 Å². The van der Waals surface area contributed by atoms with E-state index in [-0.39, 0.29) is 18.5 Å². The van der Waals surface area contributed by atoms with Gasteiger partial charge in [-0.3, -0.25) is 0 Å². The Kier molecular flexibility index (Phi) is 12.1. The van der Waals surface area contributed by atoms with Crippen molar-refractivity contribution in [2.75, 3.05) is 0 Å². The molecular weight excluding hydrogens is 1240 g/mol. The van der Waals surface area contributed by atoms with Crippen molar-refractivity contribution in [1.29, 1.82) is 0 Å². The molecule has 6 aliphatic rings. The highest BCUT2D eigenvalue weighted by Gasteiger charge is 2.65. The SMILES string of the molecule is c1ccc([N+]2(c3ccccc3)c3c4ccccc4cc4ccc5c(c34)C2[n+]2ccccc2-5)cc1.c1ccc([N+]2(c3ccccc3)c3cc4ccccc4c4ccc5c(c34)C2[n+]2ccccc2-5)cc1.c1ccc([N+]2(c3ccccc3)c3cccc4ccc5c(c34)C2[n+]2ccc3ccccc3c2-5)cc1. The van der Waals surface area contributed by atoms with Gasteiger partial charge in [0.2, 0.25) is 17.1 Å². The summed E-state index contributed by atoms with van der Waals surface area (Å²) in [6.07, 6.45) is 7.13. The number of hydrogen-bond donors (Lipinski definition) is 0. The predicted octanol–water partition coefficient (Wildman–Crippen LogP) is 23.4. The van der Waals surface area contributed by atoms with E-state index in [9.17, 15) is 0 Å². The lowest BCUT2D eigenvalue weighted by atomic mass is 9.95. The monoisotopic (exact) mass is 1300 g/mol. The Hall–Kier alpha value is -12.8. The Bertz CT molecular complexity index is 6380. The van der Waals surface area contributed by atoms with Crippen LogP contribution in [0.3, 0.4) is 0 Å². The molecule has 102 heavy (non-hydrogen) atoms. The molecule has 24 rings (SSSR count). The van der Waals surface area contributed by atoms with Crippen LogP contribution in [0, 0.1) is 0 Å². The number of fused-ring (bicyclic) bond motifs is 15. The van der Waals surface area contributed by atoms with Crippen LogP contribution in [-0.2, 0) is 0 Å². The van der Waals surface area contributed by atoms with E-state index in [1.54, 1.807) is 0 Å². The molecule has 15 aromatic carbocycles. The number of benzene rings is 15. The Morgan fingerprint density at radius 2 is 0.627 bits per heavy atom. The molecule has 3 aromatic heterocycles. The highest BCUT2D eigenvalue weighted by molar-refractivity contribution is 6.20. The summed E-state index contributed by atoms with van der Waals surface area (Å²) in [6, 6.07) is 134. The minimum Gasteiger partial charge on any atom is -0.164 e. The van der Waals surface area contributed by atoms with Crippen LogP contribution in [0.25, 0.3) is 98.4 Å². The van der Waals surface area contributed by atoms with Crippen LogP contribution in [0.15, 0.2) is 383 Å². The topological polar surface area (TPSA) is 11.6 Å². The van der Waals surface area contributed by atoms with Gasteiger partial charge in [-0.2, -0.15) is 13.4 Å². The van der Waals surface area contributed by atoms with Gasteiger partial charge >= 0.3 is 18.5 Å². The van der Waals surface area contributed by atoms with E-state index in [0.717, 1.165) is 0 Å². The fourth-order valence-corrected chi connectivity index (χ4v) is 19.7. The van der Waals surface area contributed by atoms with E-state index in [4.69, 9.17) is 0 Å². The zero-order valence-corrected chi connectivity index (χ0v) is 55.8. The van der Waals surface area contributed by atoms with Crippen molar-refractivity contribution >= 4 is 116 Å². The Morgan fingerprint density at radius 3 is 1.21 bits per heavy atom. The van der Waals surface area contributed by atoms with Crippen molar-refractivity contribution in [2.45, 2.75) is 18.5 Å². The first-order valence-corrected chi connectivity index (χ1v) is 35.6. The summed E-state index contributed by atoms with van der Waals surface area (Å²) in [7, 11) is 0. The molecule has 3 atom stereocenters. The molecule has 6 nitrogen and oxygen atoms in total. The second-order valence-corrected chi connectivity index (χ2v) is 28.0. The summed E-state index contributed by atoms with van der Waals surface area (Å²) in [5, 5.41) is 16.0. The Morgan fingerprint density at radius 1 is 0.216 bits per heavy atom. The molecule has 0 radical (unpaired) electrons. The van der Waals surface area contributed by atoms with Crippen molar-refractivity contribution in [3.63, 3.8) is 0 Å². The third-order valence-electron chi connectivity index (χ3n) is 23.4. The van der Waals surface area contributed by atoms with Gasteiger partial charge in [-0.25, -0.2) is 0 Å². The van der Waals surface area contributed by atoms with Crippen molar-refractivity contribution in [3.8, 4) is 33.8 Å². The molecule has 0 fully saturated rings. The maximum absolute atomic E-state index is 2.53. The molecule has 0 amide bonds. The van der Waals surface area contributed by atoms with Gasteiger partial charge < -0.3 is 0 Å². The van der Waals surface area contributed by atoms with E-state index in [2.05, 4.69) is 396 Å². The van der Waals surface area contributed by atoms with Gasteiger partial charge in [0, 0.05) is 121 Å². The first kappa shape index (κ1) is 57.1. The predicted molar refractivity (Wildman–Crippen MR) is 418 cm³/mol. The second kappa shape index (κ2) is 21.6. The fraction of sp³-hybridized carbons (Fsp3) is 0.0312. The summed E-state index contributed by atoms with van der Waals surface area (Å²) in [5.41, 5.74) is 24.0. The van der Waals surface area contributed by atoms with E-state index in [1.165, 1.54) is 166 Å². The van der Waals surface area contributed by atoms with Crippen molar-refractivity contribution < 1.29 is 13.7 Å². The maximum atomic E-state index is 2.53. The Labute approximate surface area is 590 Å². The van der Waals surface area contributed by atoms with Crippen molar-refractivity contribution in [1.82, 2.24) is 13.4 Å². The van der Waals surface area contributed by atoms with Gasteiger partial charge in [-0.1, -0.05) is 200 Å². The summed E-state index contributed by atoms with van der Waals surface area (Å²) >= 11 is 0. The number of nitrogens with zero attached hydrogens (tertiary/aromatic N) is 6. The molecule has 0 spiro atoms. The highest BCUT2D eigenvalue weighted by Crippen LogP contribution is 2.67. The third-order valence-corrected chi connectivity index (χ3v) is 23.4. The molecule has 6 aliphatic heterocycles. The maximum Gasteiger partial charge on any atom is 0.327 e. The fourth-order valence-electron chi connectivity index (χ4n) is 19.7. The normalized spacial score (nSPS) is 16.8. The van der Waals surface area contributed by atoms with Crippen molar-refractivity contribution in [2.24, 2.45) is 0 Å². The zero-order chi connectivity index (χ0) is 66.8. The molecule has 0 saturated heterocycles. The minimum absolute atomic E-state index is 0.0977. The van der Waals surface area contributed by atoms with Crippen LogP contribution in [0.1, 0.15) is 35.2 Å².